The van der Waals surface area contributed by atoms with Crippen LogP contribution in [0.1, 0.15) is 22.8 Å². The molecule has 0 unspecified atom stereocenters. The van der Waals surface area contributed by atoms with Gasteiger partial charge in [0.05, 0.1) is 19.3 Å². The van der Waals surface area contributed by atoms with Crippen molar-refractivity contribution in [2.45, 2.75) is 26.3 Å². The first kappa shape index (κ1) is 16.8. The van der Waals surface area contributed by atoms with Gasteiger partial charge in [-0.05, 0) is 44.7 Å². The summed E-state index contributed by atoms with van der Waals surface area (Å²) >= 11 is 0. The van der Waals surface area contributed by atoms with E-state index in [4.69, 9.17) is 4.74 Å². The minimum Gasteiger partial charge on any atom is -0.497 e. The average molecular weight is 351 g/mol. The molecule has 2 aromatic heterocycles. The van der Waals surface area contributed by atoms with Crippen molar-refractivity contribution in [2.75, 3.05) is 32.6 Å². The number of ether oxygens (including phenoxy) is 1. The summed E-state index contributed by atoms with van der Waals surface area (Å²) in [6, 6.07) is 8.23. The lowest BCUT2D eigenvalue weighted by molar-refractivity contribution is 0.352. The van der Waals surface area contributed by atoms with Crippen LogP contribution in [0, 0.1) is 6.92 Å². The molecular formula is C20H25N5O. The Labute approximate surface area is 153 Å². The molecule has 6 heteroatoms. The number of fused-ring (bicyclic) bond motifs is 2. The van der Waals surface area contributed by atoms with Crippen molar-refractivity contribution in [1.29, 1.82) is 0 Å². The lowest BCUT2D eigenvalue weighted by Gasteiger charge is -2.13. The Bertz CT molecular complexity index is 933. The van der Waals surface area contributed by atoms with E-state index in [9.17, 15) is 0 Å². The molecule has 3 heterocycles. The molecular weight excluding hydrogens is 326 g/mol. The van der Waals surface area contributed by atoms with Crippen LogP contribution in [0.5, 0.6) is 5.75 Å². The second kappa shape index (κ2) is 6.96. The van der Waals surface area contributed by atoms with Crippen molar-refractivity contribution in [1.82, 2.24) is 19.9 Å². The summed E-state index contributed by atoms with van der Waals surface area (Å²) in [5, 5.41) is 4.68. The fourth-order valence-electron chi connectivity index (χ4n) is 3.55. The van der Waals surface area contributed by atoms with E-state index in [-0.39, 0.29) is 0 Å². The van der Waals surface area contributed by atoms with E-state index < -0.39 is 0 Å². The van der Waals surface area contributed by atoms with Crippen LogP contribution in [-0.4, -0.2) is 47.1 Å². The minimum atomic E-state index is 0.704. The van der Waals surface area contributed by atoms with Crippen molar-refractivity contribution in [3.63, 3.8) is 0 Å². The Hall–Kier alpha value is -2.60. The SMILES string of the molecule is COc1ccc2[nH]c(CNc3nc(C)nc4c3CCN(C)CC4)cc2c1. The summed E-state index contributed by atoms with van der Waals surface area (Å²) in [5.41, 5.74) is 4.69. The standard InChI is InChI=1S/C20H25N5O/c1-13-22-19-7-9-25(2)8-6-17(19)20(23-13)21-12-15-10-14-11-16(26-3)4-5-18(14)24-15/h4-5,10-11,24H,6-9,12H2,1-3H3,(H,21,22,23). The molecule has 1 aliphatic heterocycles. The number of aromatic nitrogens is 3. The highest BCUT2D eigenvalue weighted by Gasteiger charge is 2.17. The molecule has 0 saturated heterocycles. The summed E-state index contributed by atoms with van der Waals surface area (Å²) < 4.78 is 5.31. The molecule has 0 amide bonds. The van der Waals surface area contributed by atoms with Crippen molar-refractivity contribution >= 4 is 16.7 Å². The zero-order valence-electron chi connectivity index (χ0n) is 15.6. The third-order valence-corrected chi connectivity index (χ3v) is 5.01. The Morgan fingerprint density at radius 3 is 2.88 bits per heavy atom. The van der Waals surface area contributed by atoms with Gasteiger partial charge in [0.15, 0.2) is 0 Å². The number of aromatic amines is 1. The lowest BCUT2D eigenvalue weighted by Crippen LogP contribution is -2.20. The molecule has 0 bridgehead atoms. The second-order valence-electron chi connectivity index (χ2n) is 6.95. The van der Waals surface area contributed by atoms with Gasteiger partial charge in [-0.25, -0.2) is 9.97 Å². The molecule has 0 radical (unpaired) electrons. The number of aryl methyl sites for hydroxylation is 1. The third kappa shape index (κ3) is 3.37. The van der Waals surface area contributed by atoms with Gasteiger partial charge in [-0.2, -0.15) is 0 Å². The van der Waals surface area contributed by atoms with E-state index >= 15 is 0 Å². The van der Waals surface area contributed by atoms with Crippen LogP contribution in [-0.2, 0) is 19.4 Å². The van der Waals surface area contributed by atoms with Gasteiger partial charge >= 0.3 is 0 Å². The smallest absolute Gasteiger partial charge is 0.133 e. The second-order valence-corrected chi connectivity index (χ2v) is 6.95. The highest BCUT2D eigenvalue weighted by atomic mass is 16.5. The molecule has 0 fully saturated rings. The predicted molar refractivity (Wildman–Crippen MR) is 104 cm³/mol. The maximum absolute atomic E-state index is 5.31. The largest absolute Gasteiger partial charge is 0.497 e. The first-order valence-corrected chi connectivity index (χ1v) is 9.07. The van der Waals surface area contributed by atoms with Gasteiger partial charge in [0.1, 0.15) is 17.4 Å². The minimum absolute atomic E-state index is 0.704. The zero-order valence-corrected chi connectivity index (χ0v) is 15.6. The number of methoxy groups -OCH3 is 1. The van der Waals surface area contributed by atoms with Crippen LogP contribution < -0.4 is 10.1 Å². The van der Waals surface area contributed by atoms with Gasteiger partial charge in [-0.3, -0.25) is 0 Å². The molecule has 3 aromatic rings. The maximum Gasteiger partial charge on any atom is 0.133 e. The summed E-state index contributed by atoms with van der Waals surface area (Å²) in [7, 11) is 3.86. The number of benzene rings is 1. The van der Waals surface area contributed by atoms with E-state index in [0.717, 1.165) is 59.9 Å². The quantitative estimate of drug-likeness (QED) is 0.757. The number of H-pyrrole nitrogens is 1. The number of nitrogens with zero attached hydrogens (tertiary/aromatic N) is 3. The van der Waals surface area contributed by atoms with Crippen LogP contribution in [0.25, 0.3) is 10.9 Å². The number of hydrogen-bond donors (Lipinski definition) is 2. The van der Waals surface area contributed by atoms with Crippen molar-refractivity contribution in [2.24, 2.45) is 0 Å². The van der Waals surface area contributed by atoms with Crippen LogP contribution in [0.15, 0.2) is 24.3 Å². The number of anilines is 1. The molecule has 1 aromatic carbocycles. The fourth-order valence-corrected chi connectivity index (χ4v) is 3.55. The van der Waals surface area contributed by atoms with E-state index in [1.165, 1.54) is 11.3 Å². The van der Waals surface area contributed by atoms with Gasteiger partial charge in [0, 0.05) is 41.7 Å². The zero-order chi connectivity index (χ0) is 18.1. The van der Waals surface area contributed by atoms with Gasteiger partial charge < -0.3 is 19.9 Å². The van der Waals surface area contributed by atoms with Crippen molar-refractivity contribution < 1.29 is 4.74 Å². The predicted octanol–water partition coefficient (Wildman–Crippen LogP) is 2.92. The normalized spacial score (nSPS) is 14.9. The first-order valence-electron chi connectivity index (χ1n) is 9.07. The molecule has 0 atom stereocenters. The molecule has 2 N–H and O–H groups in total. The molecule has 4 rings (SSSR count). The number of rotatable bonds is 4. The Kier molecular flexibility index (Phi) is 4.51. The van der Waals surface area contributed by atoms with Crippen LogP contribution >= 0.6 is 0 Å². The molecule has 0 aliphatic carbocycles. The summed E-state index contributed by atoms with van der Waals surface area (Å²) in [5.74, 6) is 2.67. The van der Waals surface area contributed by atoms with Crippen molar-refractivity contribution in [3.8, 4) is 5.75 Å². The molecule has 0 saturated carbocycles. The maximum atomic E-state index is 5.31. The molecule has 0 spiro atoms. The Morgan fingerprint density at radius 1 is 1.19 bits per heavy atom. The van der Waals surface area contributed by atoms with Gasteiger partial charge in [-0.1, -0.05) is 0 Å². The van der Waals surface area contributed by atoms with Crippen LogP contribution in [0.4, 0.5) is 5.82 Å². The van der Waals surface area contributed by atoms with E-state index in [1.54, 1.807) is 7.11 Å². The van der Waals surface area contributed by atoms with E-state index in [1.807, 2.05) is 25.1 Å². The number of likely N-dealkylation sites (N-methyl/N-ethyl adjacent to an activating group) is 1. The van der Waals surface area contributed by atoms with Gasteiger partial charge in [0.25, 0.3) is 0 Å². The molecule has 6 nitrogen and oxygen atoms in total. The molecule has 1 aliphatic rings. The van der Waals surface area contributed by atoms with Gasteiger partial charge in [0.2, 0.25) is 0 Å². The highest BCUT2D eigenvalue weighted by molar-refractivity contribution is 5.82. The van der Waals surface area contributed by atoms with E-state index in [2.05, 4.69) is 38.3 Å². The number of hydrogen-bond acceptors (Lipinski definition) is 5. The Morgan fingerprint density at radius 2 is 2.04 bits per heavy atom. The topological polar surface area (TPSA) is 66.1 Å². The lowest BCUT2D eigenvalue weighted by atomic mass is 10.1. The van der Waals surface area contributed by atoms with Crippen molar-refractivity contribution in [3.05, 3.63) is 47.0 Å². The van der Waals surface area contributed by atoms with Crippen LogP contribution in [0.3, 0.4) is 0 Å². The Balaban J connectivity index is 1.57. The first-order chi connectivity index (χ1) is 12.6. The summed E-state index contributed by atoms with van der Waals surface area (Å²) in [6.07, 6.45) is 1.97. The van der Waals surface area contributed by atoms with E-state index in [0.29, 0.717) is 6.54 Å². The van der Waals surface area contributed by atoms with Gasteiger partial charge in [-0.15, -0.1) is 0 Å². The summed E-state index contributed by atoms with van der Waals surface area (Å²) in [4.78, 5) is 15.2. The third-order valence-electron chi connectivity index (χ3n) is 5.01. The van der Waals surface area contributed by atoms with Crippen LogP contribution in [0.2, 0.25) is 0 Å². The highest BCUT2D eigenvalue weighted by Crippen LogP contribution is 2.24. The summed E-state index contributed by atoms with van der Waals surface area (Å²) in [6.45, 7) is 4.76. The molecule has 26 heavy (non-hydrogen) atoms. The fraction of sp³-hybridized carbons (Fsp3) is 0.400. The monoisotopic (exact) mass is 351 g/mol. The molecule has 136 valence electrons. The number of nitrogens with one attached hydrogen (secondary N) is 2. The average Bonchev–Trinajstić information content (AvgIpc) is 2.95.